The van der Waals surface area contributed by atoms with Gasteiger partial charge in [0.1, 0.15) is 6.17 Å². The molecule has 0 amide bonds. The van der Waals surface area contributed by atoms with Crippen LogP contribution >= 0.6 is 0 Å². The van der Waals surface area contributed by atoms with Crippen LogP contribution in [0.1, 0.15) is 24.3 Å². The maximum absolute atomic E-state index is 13.4. The van der Waals surface area contributed by atoms with Crippen molar-refractivity contribution in [2.24, 2.45) is 0 Å². The Labute approximate surface area is 189 Å². The quantitative estimate of drug-likeness (QED) is 0.460. The Morgan fingerprint density at radius 3 is 2.42 bits per heavy atom. The molecule has 0 bridgehead atoms. The maximum atomic E-state index is 13.4. The summed E-state index contributed by atoms with van der Waals surface area (Å²) in [6.07, 6.45) is -3.34. The molecule has 7 nitrogen and oxygen atoms in total. The fraction of sp³-hybridized carbons (Fsp3) is 0.364. The highest BCUT2D eigenvalue weighted by Crippen LogP contribution is 2.26. The van der Waals surface area contributed by atoms with Gasteiger partial charge in [0.2, 0.25) is 15.9 Å². The molecule has 3 aromatic rings. The summed E-state index contributed by atoms with van der Waals surface area (Å²) in [7, 11) is -3.70. The van der Waals surface area contributed by atoms with E-state index in [-0.39, 0.29) is 31.3 Å². The second-order valence-corrected chi connectivity index (χ2v) is 9.80. The highest BCUT2D eigenvalue weighted by Gasteiger charge is 2.27. The zero-order valence-corrected chi connectivity index (χ0v) is 18.5. The third-order valence-corrected chi connectivity index (χ3v) is 7.12. The summed E-state index contributed by atoms with van der Waals surface area (Å²) < 4.78 is 71.5. The van der Waals surface area contributed by atoms with Gasteiger partial charge >= 0.3 is 6.43 Å². The molecule has 1 fully saturated rings. The fourth-order valence-corrected chi connectivity index (χ4v) is 5.14. The van der Waals surface area contributed by atoms with Gasteiger partial charge in [0.25, 0.3) is 5.89 Å². The van der Waals surface area contributed by atoms with Gasteiger partial charge in [0, 0.05) is 25.2 Å². The molecule has 0 spiro atoms. The monoisotopic (exact) mass is 480 g/mol. The molecule has 11 heteroatoms. The van der Waals surface area contributed by atoms with Crippen molar-refractivity contribution in [1.29, 1.82) is 0 Å². The van der Waals surface area contributed by atoms with Crippen LogP contribution in [0.3, 0.4) is 0 Å². The first-order chi connectivity index (χ1) is 15.8. The normalized spacial score (nSPS) is 17.0. The van der Waals surface area contributed by atoms with Crippen molar-refractivity contribution in [1.82, 2.24) is 15.1 Å². The third kappa shape index (κ3) is 5.72. The number of alkyl halides is 3. The van der Waals surface area contributed by atoms with Gasteiger partial charge in [-0.15, -0.1) is 10.2 Å². The summed E-state index contributed by atoms with van der Waals surface area (Å²) in [5.74, 6) is -0.931. The second-order valence-electron chi connectivity index (χ2n) is 7.79. The van der Waals surface area contributed by atoms with E-state index in [2.05, 4.69) is 10.2 Å². The van der Waals surface area contributed by atoms with Crippen LogP contribution in [0.2, 0.25) is 0 Å². The number of nitrogens with zero attached hydrogens (tertiary/aromatic N) is 4. The molecule has 2 heterocycles. The Morgan fingerprint density at radius 1 is 1.09 bits per heavy atom. The van der Waals surface area contributed by atoms with Crippen molar-refractivity contribution in [2.45, 2.75) is 25.6 Å². The van der Waals surface area contributed by atoms with Gasteiger partial charge < -0.3 is 4.42 Å². The van der Waals surface area contributed by atoms with Crippen LogP contribution in [0, 0.1) is 0 Å². The third-order valence-electron chi connectivity index (χ3n) is 5.41. The van der Waals surface area contributed by atoms with Crippen LogP contribution in [0.15, 0.2) is 59.0 Å². The lowest BCUT2D eigenvalue weighted by atomic mass is 10.1. The maximum Gasteiger partial charge on any atom is 0.314 e. The Kier molecular flexibility index (Phi) is 6.99. The molecular formula is C22H23F3N4O3S. The van der Waals surface area contributed by atoms with Crippen molar-refractivity contribution in [3.05, 3.63) is 66.1 Å². The van der Waals surface area contributed by atoms with Gasteiger partial charge in [0.15, 0.2) is 0 Å². The van der Waals surface area contributed by atoms with Crippen molar-refractivity contribution < 1.29 is 26.0 Å². The SMILES string of the molecule is O=S(=O)(CCN1CC[C@@H](F)C1)N(Cc1ccc(-c2nnc(C(F)F)o2)cc1)c1ccccc1. The van der Waals surface area contributed by atoms with E-state index >= 15 is 0 Å². The van der Waals surface area contributed by atoms with Crippen LogP contribution < -0.4 is 4.31 Å². The summed E-state index contributed by atoms with van der Waals surface area (Å²) in [4.78, 5) is 1.82. The van der Waals surface area contributed by atoms with Crippen LogP contribution in [-0.4, -0.2) is 55.1 Å². The number of hydrogen-bond acceptors (Lipinski definition) is 6. The van der Waals surface area contributed by atoms with Crippen LogP contribution in [0.25, 0.3) is 11.5 Å². The van der Waals surface area contributed by atoms with Gasteiger partial charge in [-0.05, 0) is 36.2 Å². The summed E-state index contributed by atoms with van der Waals surface area (Å²) in [6.45, 7) is 1.14. The zero-order valence-electron chi connectivity index (χ0n) is 17.6. The predicted octanol–water partition coefficient (Wildman–Crippen LogP) is 4.05. The minimum atomic E-state index is -3.70. The number of para-hydroxylation sites is 1. The van der Waals surface area contributed by atoms with Gasteiger partial charge in [-0.1, -0.05) is 30.3 Å². The van der Waals surface area contributed by atoms with E-state index < -0.39 is 28.5 Å². The predicted molar refractivity (Wildman–Crippen MR) is 117 cm³/mol. The molecule has 1 aromatic heterocycles. The number of hydrogen-bond donors (Lipinski definition) is 0. The molecule has 1 aliphatic rings. The molecule has 0 aliphatic carbocycles. The minimum absolute atomic E-state index is 0.0406. The first-order valence-corrected chi connectivity index (χ1v) is 12.1. The Morgan fingerprint density at radius 2 is 1.82 bits per heavy atom. The second kappa shape index (κ2) is 9.92. The largest absolute Gasteiger partial charge is 0.415 e. The Balaban J connectivity index is 1.51. The topological polar surface area (TPSA) is 79.5 Å². The van der Waals surface area contributed by atoms with Gasteiger partial charge in [-0.3, -0.25) is 9.21 Å². The summed E-state index contributed by atoms with van der Waals surface area (Å²) >= 11 is 0. The lowest BCUT2D eigenvalue weighted by molar-refractivity contribution is 0.116. The molecule has 2 aromatic carbocycles. The molecular weight excluding hydrogens is 457 g/mol. The molecule has 0 saturated carbocycles. The van der Waals surface area contributed by atoms with Gasteiger partial charge in [-0.2, -0.15) is 8.78 Å². The fourth-order valence-electron chi connectivity index (χ4n) is 3.65. The summed E-state index contributed by atoms with van der Waals surface area (Å²) in [5, 5.41) is 6.93. The highest BCUT2D eigenvalue weighted by molar-refractivity contribution is 7.92. The Bertz CT molecular complexity index is 1160. The van der Waals surface area contributed by atoms with E-state index in [0.29, 0.717) is 29.8 Å². The van der Waals surface area contributed by atoms with Crippen molar-refractivity contribution in [3.63, 3.8) is 0 Å². The van der Waals surface area contributed by atoms with Crippen LogP contribution in [-0.2, 0) is 16.6 Å². The molecule has 4 rings (SSSR count). The smallest absolute Gasteiger partial charge is 0.314 e. The van der Waals surface area contributed by atoms with E-state index in [1.54, 1.807) is 54.6 Å². The van der Waals surface area contributed by atoms with Crippen molar-refractivity contribution >= 4 is 15.7 Å². The molecule has 1 atom stereocenters. The first kappa shape index (κ1) is 23.2. The van der Waals surface area contributed by atoms with Crippen LogP contribution in [0.5, 0.6) is 0 Å². The van der Waals surface area contributed by atoms with E-state index in [4.69, 9.17) is 4.42 Å². The Hall–Kier alpha value is -2.92. The lowest BCUT2D eigenvalue weighted by Gasteiger charge is -2.26. The van der Waals surface area contributed by atoms with Gasteiger partial charge in [0.05, 0.1) is 18.0 Å². The standard InChI is InChI=1S/C22H23F3N4O3S/c23-18-10-11-28(15-18)12-13-33(30,31)29(19-4-2-1-3-5-19)14-16-6-8-17(9-7-16)21-26-27-22(32-21)20(24)25/h1-9,18,20H,10-15H2/t18-/m1/s1. The van der Waals surface area contributed by atoms with Crippen molar-refractivity contribution in [3.8, 4) is 11.5 Å². The first-order valence-electron chi connectivity index (χ1n) is 10.4. The zero-order chi connectivity index (χ0) is 23.4. The number of rotatable bonds is 9. The number of likely N-dealkylation sites (tertiary alicyclic amines) is 1. The molecule has 33 heavy (non-hydrogen) atoms. The molecule has 1 aliphatic heterocycles. The van der Waals surface area contributed by atoms with Crippen LogP contribution in [0.4, 0.5) is 18.9 Å². The van der Waals surface area contributed by atoms with E-state index in [0.717, 1.165) is 0 Å². The molecule has 0 unspecified atom stereocenters. The minimum Gasteiger partial charge on any atom is -0.415 e. The number of aromatic nitrogens is 2. The number of anilines is 1. The molecule has 1 saturated heterocycles. The summed E-state index contributed by atoms with van der Waals surface area (Å²) in [6, 6.07) is 15.3. The average Bonchev–Trinajstić information content (AvgIpc) is 3.46. The number of benzene rings is 2. The number of halogens is 3. The van der Waals surface area contributed by atoms with Gasteiger partial charge in [-0.25, -0.2) is 12.8 Å². The number of sulfonamides is 1. The van der Waals surface area contributed by atoms with E-state index in [1.807, 2.05) is 4.90 Å². The molecule has 0 N–H and O–H groups in total. The summed E-state index contributed by atoms with van der Waals surface area (Å²) in [5.41, 5.74) is 1.65. The molecule has 0 radical (unpaired) electrons. The lowest BCUT2D eigenvalue weighted by Crippen LogP contribution is -2.37. The highest BCUT2D eigenvalue weighted by atomic mass is 32.2. The average molecular weight is 481 g/mol. The molecule has 176 valence electrons. The van der Waals surface area contributed by atoms with E-state index in [1.165, 1.54) is 4.31 Å². The van der Waals surface area contributed by atoms with Crippen molar-refractivity contribution in [2.75, 3.05) is 29.7 Å². The van der Waals surface area contributed by atoms with E-state index in [9.17, 15) is 21.6 Å².